The lowest BCUT2D eigenvalue weighted by atomic mass is 10.1. The first-order valence-electron chi connectivity index (χ1n) is 8.69. The Morgan fingerprint density at radius 2 is 1.86 bits per heavy atom. The number of rotatable bonds is 6. The van der Waals surface area contributed by atoms with E-state index in [-0.39, 0.29) is 23.9 Å². The van der Waals surface area contributed by atoms with Gasteiger partial charge in [0.25, 0.3) is 0 Å². The molecule has 0 aliphatic carbocycles. The number of amides is 1. The van der Waals surface area contributed by atoms with E-state index in [1.165, 1.54) is 18.2 Å². The minimum absolute atomic E-state index is 0.0744. The van der Waals surface area contributed by atoms with Crippen LogP contribution >= 0.6 is 0 Å². The fraction of sp³-hybridized carbons (Fsp3) is 0.263. The van der Waals surface area contributed by atoms with Crippen LogP contribution in [0, 0.1) is 0 Å². The van der Waals surface area contributed by atoms with Crippen molar-refractivity contribution in [3.05, 3.63) is 58.5 Å². The number of nitrogens with zero attached hydrogens (tertiary/aromatic N) is 1. The second kappa shape index (κ2) is 8.00. The summed E-state index contributed by atoms with van der Waals surface area (Å²) in [7, 11) is 1.63. The Morgan fingerprint density at radius 1 is 1.17 bits per heavy atom. The normalized spacial score (nSPS) is 12.9. The highest BCUT2D eigenvalue weighted by atomic mass is 19.4. The van der Waals surface area contributed by atoms with Crippen molar-refractivity contribution in [2.75, 3.05) is 12.4 Å². The van der Waals surface area contributed by atoms with E-state index in [1.807, 2.05) is 0 Å². The number of fused-ring (bicyclic) bond motifs is 1. The molecular weight excluding hydrogens is 389 g/mol. The highest BCUT2D eigenvalue weighted by Crippen LogP contribution is 2.27. The second-order valence-corrected chi connectivity index (χ2v) is 6.58. The molecule has 3 aromatic rings. The average molecular weight is 408 g/mol. The molecular formula is C19H19F3N4O3. The largest absolute Gasteiger partial charge is 0.573 e. The summed E-state index contributed by atoms with van der Waals surface area (Å²) in [4.78, 5) is 30.7. The molecule has 154 valence electrons. The molecule has 7 nitrogen and oxygen atoms in total. The predicted molar refractivity (Wildman–Crippen MR) is 102 cm³/mol. The third-order valence-corrected chi connectivity index (χ3v) is 4.44. The number of anilines is 1. The number of imidazole rings is 1. The summed E-state index contributed by atoms with van der Waals surface area (Å²) in [6.07, 6.45) is -4.80. The molecule has 3 rings (SSSR count). The molecule has 1 heterocycles. The number of benzene rings is 2. The molecule has 3 N–H and O–H groups in total. The quantitative estimate of drug-likeness (QED) is 0.584. The van der Waals surface area contributed by atoms with Gasteiger partial charge in [-0.25, -0.2) is 4.79 Å². The van der Waals surface area contributed by atoms with Crippen LogP contribution in [0.2, 0.25) is 0 Å². The molecule has 0 radical (unpaired) electrons. The van der Waals surface area contributed by atoms with Crippen LogP contribution in [0.3, 0.4) is 0 Å². The lowest BCUT2D eigenvalue weighted by Crippen LogP contribution is -2.39. The van der Waals surface area contributed by atoms with Crippen molar-refractivity contribution in [1.82, 2.24) is 14.9 Å². The van der Waals surface area contributed by atoms with Gasteiger partial charge in [0.05, 0.1) is 17.1 Å². The minimum atomic E-state index is -4.80. The van der Waals surface area contributed by atoms with E-state index >= 15 is 0 Å². The standard InChI is InChI=1S/C19H19F3N4O3/c1-11(17(27)23-13-7-8-14-15(9-13)25-18(28)24-14)26(2)10-12-5-3-4-6-16(12)29-19(20,21)22/h3-9,11H,10H2,1-2H3,(H,23,27)(H2,24,25,28). The predicted octanol–water partition coefficient (Wildman–Crippen LogP) is 3.21. The Bertz CT molecular complexity index is 1070. The number of carbonyl (C=O) groups is 1. The van der Waals surface area contributed by atoms with Crippen molar-refractivity contribution >= 4 is 22.6 Å². The number of halogens is 3. The Balaban J connectivity index is 1.68. The zero-order valence-corrected chi connectivity index (χ0v) is 15.6. The van der Waals surface area contributed by atoms with Crippen molar-refractivity contribution in [3.63, 3.8) is 0 Å². The van der Waals surface area contributed by atoms with Gasteiger partial charge in [-0.3, -0.25) is 9.69 Å². The number of hydrogen-bond acceptors (Lipinski definition) is 4. The number of aromatic nitrogens is 2. The third kappa shape index (κ3) is 5.17. The van der Waals surface area contributed by atoms with Crippen molar-refractivity contribution < 1.29 is 22.7 Å². The monoisotopic (exact) mass is 408 g/mol. The van der Waals surface area contributed by atoms with E-state index in [1.54, 1.807) is 43.1 Å². The molecule has 1 amide bonds. The van der Waals surface area contributed by atoms with Crippen molar-refractivity contribution in [2.24, 2.45) is 0 Å². The van der Waals surface area contributed by atoms with E-state index in [0.717, 1.165) is 0 Å². The van der Waals surface area contributed by atoms with E-state index in [9.17, 15) is 22.8 Å². The number of nitrogens with one attached hydrogen (secondary N) is 3. The highest BCUT2D eigenvalue weighted by Gasteiger charge is 2.32. The van der Waals surface area contributed by atoms with Crippen LogP contribution in [0.5, 0.6) is 5.75 Å². The fourth-order valence-electron chi connectivity index (χ4n) is 2.82. The van der Waals surface area contributed by atoms with Crippen LogP contribution in [0.1, 0.15) is 12.5 Å². The number of para-hydroxylation sites is 1. The first-order chi connectivity index (χ1) is 13.6. The minimum Gasteiger partial charge on any atom is -0.405 e. The molecule has 0 saturated heterocycles. The van der Waals surface area contributed by atoms with Gasteiger partial charge in [0.2, 0.25) is 5.91 Å². The molecule has 0 aliphatic heterocycles. The zero-order valence-electron chi connectivity index (χ0n) is 15.6. The van der Waals surface area contributed by atoms with E-state index in [4.69, 9.17) is 0 Å². The number of alkyl halides is 3. The zero-order chi connectivity index (χ0) is 21.2. The van der Waals surface area contributed by atoms with Crippen LogP contribution in [-0.2, 0) is 11.3 Å². The number of ether oxygens (including phenoxy) is 1. The van der Waals surface area contributed by atoms with Gasteiger partial charge in [-0.05, 0) is 38.2 Å². The molecule has 29 heavy (non-hydrogen) atoms. The lowest BCUT2D eigenvalue weighted by Gasteiger charge is -2.25. The molecule has 1 aromatic heterocycles. The molecule has 0 saturated carbocycles. The number of carbonyl (C=O) groups excluding carboxylic acids is 1. The van der Waals surface area contributed by atoms with Crippen LogP contribution in [0.25, 0.3) is 11.0 Å². The molecule has 1 unspecified atom stereocenters. The molecule has 2 aromatic carbocycles. The van der Waals surface area contributed by atoms with Crippen LogP contribution in [0.15, 0.2) is 47.3 Å². The Morgan fingerprint density at radius 3 is 2.59 bits per heavy atom. The first kappa shape index (κ1) is 20.5. The third-order valence-electron chi connectivity index (χ3n) is 4.44. The van der Waals surface area contributed by atoms with Gasteiger partial charge in [-0.1, -0.05) is 18.2 Å². The summed E-state index contributed by atoms with van der Waals surface area (Å²) in [6.45, 7) is 1.71. The maximum Gasteiger partial charge on any atom is 0.573 e. The summed E-state index contributed by atoms with van der Waals surface area (Å²) >= 11 is 0. The fourth-order valence-corrected chi connectivity index (χ4v) is 2.82. The van der Waals surface area contributed by atoms with Gasteiger partial charge in [-0.2, -0.15) is 0 Å². The maximum atomic E-state index is 12.6. The molecule has 0 bridgehead atoms. The van der Waals surface area contributed by atoms with E-state index in [0.29, 0.717) is 22.3 Å². The average Bonchev–Trinajstić information content (AvgIpc) is 3.00. The SMILES string of the molecule is CC(C(=O)Nc1ccc2[nH]c(=O)[nH]c2c1)N(C)Cc1ccccc1OC(F)(F)F. The molecule has 0 spiro atoms. The number of hydrogen-bond donors (Lipinski definition) is 3. The van der Waals surface area contributed by atoms with Crippen molar-refractivity contribution in [2.45, 2.75) is 25.9 Å². The van der Waals surface area contributed by atoms with Crippen LogP contribution in [-0.4, -0.2) is 40.2 Å². The summed E-state index contributed by atoms with van der Waals surface area (Å²) in [6, 6.07) is 10.1. The van der Waals surface area contributed by atoms with Gasteiger partial charge < -0.3 is 20.0 Å². The molecule has 0 fully saturated rings. The Kier molecular flexibility index (Phi) is 5.64. The summed E-state index contributed by atoms with van der Waals surface area (Å²) < 4.78 is 41.8. The number of aromatic amines is 2. The smallest absolute Gasteiger partial charge is 0.405 e. The van der Waals surface area contributed by atoms with Gasteiger partial charge >= 0.3 is 12.1 Å². The maximum absolute atomic E-state index is 12.6. The second-order valence-electron chi connectivity index (χ2n) is 6.58. The molecule has 10 heteroatoms. The highest BCUT2D eigenvalue weighted by molar-refractivity contribution is 5.96. The van der Waals surface area contributed by atoms with Crippen LogP contribution < -0.4 is 15.7 Å². The molecule has 1 atom stereocenters. The van der Waals surface area contributed by atoms with Gasteiger partial charge in [0, 0.05) is 17.8 Å². The van der Waals surface area contributed by atoms with Crippen molar-refractivity contribution in [3.8, 4) is 5.75 Å². The van der Waals surface area contributed by atoms with E-state index in [2.05, 4.69) is 20.0 Å². The topological polar surface area (TPSA) is 90.2 Å². The van der Waals surface area contributed by atoms with Gasteiger partial charge in [0.15, 0.2) is 0 Å². The number of H-pyrrole nitrogens is 2. The first-order valence-corrected chi connectivity index (χ1v) is 8.69. The van der Waals surface area contributed by atoms with Crippen LogP contribution in [0.4, 0.5) is 18.9 Å². The summed E-state index contributed by atoms with van der Waals surface area (Å²) in [5, 5.41) is 2.73. The Hall–Kier alpha value is -3.27. The van der Waals surface area contributed by atoms with Gasteiger partial charge in [-0.15, -0.1) is 13.2 Å². The lowest BCUT2D eigenvalue weighted by molar-refractivity contribution is -0.275. The number of likely N-dealkylation sites (N-methyl/N-ethyl adjacent to an activating group) is 1. The van der Waals surface area contributed by atoms with E-state index < -0.39 is 12.4 Å². The van der Waals surface area contributed by atoms with Gasteiger partial charge in [0.1, 0.15) is 5.75 Å². The Labute approximate surface area is 163 Å². The summed E-state index contributed by atoms with van der Waals surface area (Å²) in [5.41, 5.74) is 1.60. The summed E-state index contributed by atoms with van der Waals surface area (Å²) in [5.74, 6) is -0.653. The van der Waals surface area contributed by atoms with Crippen molar-refractivity contribution in [1.29, 1.82) is 0 Å². The molecule has 0 aliphatic rings.